The van der Waals surface area contributed by atoms with Crippen LogP contribution in [0.25, 0.3) is 49.1 Å². The SMILES string of the molecule is CC1(C)c2ccccc2-c2c1cc1ccn3c4cc5ccccc5cc4c2c13. The van der Waals surface area contributed by atoms with Gasteiger partial charge in [0, 0.05) is 27.8 Å². The summed E-state index contributed by atoms with van der Waals surface area (Å²) in [6, 6.07) is 27.1. The molecule has 0 aliphatic heterocycles. The van der Waals surface area contributed by atoms with E-state index >= 15 is 0 Å². The average Bonchev–Trinajstić information content (AvgIpc) is 3.34. The van der Waals surface area contributed by atoms with Crippen molar-refractivity contribution in [2.45, 2.75) is 19.3 Å². The van der Waals surface area contributed by atoms with E-state index in [-0.39, 0.29) is 5.41 Å². The Balaban J connectivity index is 1.80. The fourth-order valence-electron chi connectivity index (χ4n) is 5.56. The van der Waals surface area contributed by atoms with Gasteiger partial charge in [0.25, 0.3) is 0 Å². The van der Waals surface area contributed by atoms with Gasteiger partial charge in [0.2, 0.25) is 0 Å². The van der Waals surface area contributed by atoms with Crippen molar-refractivity contribution in [1.29, 1.82) is 0 Å². The lowest BCUT2D eigenvalue weighted by Gasteiger charge is -2.21. The van der Waals surface area contributed by atoms with Crippen molar-refractivity contribution in [1.82, 2.24) is 4.40 Å². The molecule has 0 unspecified atom stereocenters. The molecule has 0 amide bonds. The molecule has 2 heterocycles. The van der Waals surface area contributed by atoms with Gasteiger partial charge in [-0.1, -0.05) is 62.4 Å². The largest absolute Gasteiger partial charge is 0.315 e. The molecule has 0 bridgehead atoms. The van der Waals surface area contributed by atoms with Gasteiger partial charge in [-0.2, -0.15) is 0 Å². The van der Waals surface area contributed by atoms with E-state index in [0.717, 1.165) is 0 Å². The van der Waals surface area contributed by atoms with Crippen molar-refractivity contribution in [3.8, 4) is 11.1 Å². The quantitative estimate of drug-likeness (QED) is 0.272. The summed E-state index contributed by atoms with van der Waals surface area (Å²) in [5, 5.41) is 6.73. The first kappa shape index (κ1) is 14.7. The van der Waals surface area contributed by atoms with E-state index in [2.05, 4.69) is 97.2 Å². The van der Waals surface area contributed by atoms with Crippen LogP contribution in [0.2, 0.25) is 0 Å². The molecule has 0 N–H and O–H groups in total. The zero-order valence-corrected chi connectivity index (χ0v) is 16.0. The maximum atomic E-state index is 2.43. The number of hydrogen-bond acceptors (Lipinski definition) is 0. The predicted octanol–water partition coefficient (Wildman–Crippen LogP) is 7.14. The van der Waals surface area contributed by atoms with Crippen molar-refractivity contribution in [2.24, 2.45) is 0 Å². The molecule has 6 aromatic rings. The van der Waals surface area contributed by atoms with Gasteiger partial charge in [-0.15, -0.1) is 0 Å². The van der Waals surface area contributed by atoms with Gasteiger partial charge in [-0.25, -0.2) is 0 Å². The summed E-state index contributed by atoms with van der Waals surface area (Å²) in [6.07, 6.45) is 2.24. The number of aromatic nitrogens is 1. The second kappa shape index (κ2) is 4.56. The first-order chi connectivity index (χ1) is 13.6. The van der Waals surface area contributed by atoms with E-state index < -0.39 is 0 Å². The fourth-order valence-corrected chi connectivity index (χ4v) is 5.56. The zero-order chi connectivity index (χ0) is 18.6. The minimum atomic E-state index is 0.0261. The van der Waals surface area contributed by atoms with Gasteiger partial charge >= 0.3 is 0 Å². The van der Waals surface area contributed by atoms with Crippen LogP contribution in [0.1, 0.15) is 25.0 Å². The van der Waals surface area contributed by atoms with Crippen molar-refractivity contribution < 1.29 is 0 Å². The summed E-state index contributed by atoms with van der Waals surface area (Å²) in [7, 11) is 0. The molecule has 28 heavy (non-hydrogen) atoms. The van der Waals surface area contributed by atoms with Crippen LogP contribution in [-0.2, 0) is 5.41 Å². The molecular formula is C27H19N. The summed E-state index contributed by atoms with van der Waals surface area (Å²) in [5.74, 6) is 0. The van der Waals surface area contributed by atoms with Gasteiger partial charge < -0.3 is 4.40 Å². The molecule has 132 valence electrons. The van der Waals surface area contributed by atoms with Gasteiger partial charge in [-0.3, -0.25) is 0 Å². The molecule has 1 nitrogen and oxygen atoms in total. The number of fused-ring (bicyclic) bond motifs is 8. The van der Waals surface area contributed by atoms with Crippen molar-refractivity contribution in [3.63, 3.8) is 0 Å². The predicted molar refractivity (Wildman–Crippen MR) is 119 cm³/mol. The zero-order valence-electron chi connectivity index (χ0n) is 16.0. The Morgan fingerprint density at radius 2 is 1.46 bits per heavy atom. The fraction of sp³-hybridized carbons (Fsp3) is 0.111. The Hall–Kier alpha value is -3.32. The lowest BCUT2D eigenvalue weighted by atomic mass is 9.82. The standard InChI is InChI=1S/C27H19N/c1-27(2)21-10-6-5-9-19(21)24-22(27)14-18-11-12-28-23-15-17-8-4-3-7-16(17)13-20(23)25(24)26(18)28/h3-15H,1-2H3. The molecular weight excluding hydrogens is 338 g/mol. The number of nitrogens with zero attached hydrogens (tertiary/aromatic N) is 1. The van der Waals surface area contributed by atoms with Gasteiger partial charge in [-0.05, 0) is 57.3 Å². The first-order valence-electron chi connectivity index (χ1n) is 9.96. The molecule has 1 aliphatic carbocycles. The van der Waals surface area contributed by atoms with Crippen molar-refractivity contribution in [2.75, 3.05) is 0 Å². The second-order valence-electron chi connectivity index (χ2n) is 8.68. The van der Waals surface area contributed by atoms with E-state index in [4.69, 9.17) is 0 Å². The monoisotopic (exact) mass is 357 g/mol. The van der Waals surface area contributed by atoms with Crippen LogP contribution >= 0.6 is 0 Å². The van der Waals surface area contributed by atoms with Crippen LogP contribution in [0, 0.1) is 0 Å². The molecule has 1 heteroatoms. The van der Waals surface area contributed by atoms with E-state index in [0.29, 0.717) is 0 Å². The normalized spacial score (nSPS) is 15.1. The third-order valence-electron chi connectivity index (χ3n) is 6.91. The van der Waals surface area contributed by atoms with Crippen LogP contribution < -0.4 is 0 Å². The Morgan fingerprint density at radius 3 is 2.32 bits per heavy atom. The van der Waals surface area contributed by atoms with Crippen molar-refractivity contribution >= 4 is 38.0 Å². The third kappa shape index (κ3) is 1.52. The minimum absolute atomic E-state index is 0.0261. The highest BCUT2D eigenvalue weighted by molar-refractivity contribution is 6.23. The Kier molecular flexibility index (Phi) is 2.39. The Labute approximate surface area is 163 Å². The van der Waals surface area contributed by atoms with Gasteiger partial charge in [0.05, 0.1) is 11.0 Å². The molecule has 0 spiro atoms. The van der Waals surface area contributed by atoms with Crippen LogP contribution in [0.15, 0.2) is 79.0 Å². The van der Waals surface area contributed by atoms with Crippen LogP contribution in [-0.4, -0.2) is 4.40 Å². The number of hydrogen-bond donors (Lipinski definition) is 0. The van der Waals surface area contributed by atoms with E-state index in [1.165, 1.54) is 60.2 Å². The minimum Gasteiger partial charge on any atom is -0.315 e. The lowest BCUT2D eigenvalue weighted by Crippen LogP contribution is -2.14. The molecule has 2 aromatic heterocycles. The highest BCUT2D eigenvalue weighted by Gasteiger charge is 2.37. The summed E-state index contributed by atoms with van der Waals surface area (Å²) < 4.78 is 2.39. The van der Waals surface area contributed by atoms with E-state index in [9.17, 15) is 0 Å². The molecule has 4 aromatic carbocycles. The highest BCUT2D eigenvalue weighted by atomic mass is 14.9. The molecule has 0 saturated heterocycles. The lowest BCUT2D eigenvalue weighted by molar-refractivity contribution is 0.661. The van der Waals surface area contributed by atoms with E-state index in [1.54, 1.807) is 0 Å². The summed E-state index contributed by atoms with van der Waals surface area (Å²) in [5.41, 5.74) is 8.41. The average molecular weight is 357 g/mol. The molecule has 7 rings (SSSR count). The maximum Gasteiger partial charge on any atom is 0.0614 e. The summed E-state index contributed by atoms with van der Waals surface area (Å²) in [6.45, 7) is 4.73. The Bertz CT molecular complexity index is 1580. The Morgan fingerprint density at radius 1 is 0.714 bits per heavy atom. The van der Waals surface area contributed by atoms with Gasteiger partial charge in [0.1, 0.15) is 0 Å². The molecule has 0 radical (unpaired) electrons. The molecule has 0 atom stereocenters. The molecule has 0 saturated carbocycles. The number of benzene rings is 4. The van der Waals surface area contributed by atoms with Crippen molar-refractivity contribution in [3.05, 3.63) is 90.1 Å². The molecule has 0 fully saturated rings. The summed E-state index contributed by atoms with van der Waals surface area (Å²) in [4.78, 5) is 0. The first-order valence-corrected chi connectivity index (χ1v) is 9.96. The highest BCUT2D eigenvalue weighted by Crippen LogP contribution is 2.54. The maximum absolute atomic E-state index is 2.43. The molecule has 1 aliphatic rings. The van der Waals surface area contributed by atoms with Crippen LogP contribution in [0.5, 0.6) is 0 Å². The number of rotatable bonds is 0. The van der Waals surface area contributed by atoms with E-state index in [1.807, 2.05) is 0 Å². The summed E-state index contributed by atoms with van der Waals surface area (Å²) >= 11 is 0. The topological polar surface area (TPSA) is 4.41 Å². The van der Waals surface area contributed by atoms with Gasteiger partial charge in [0.15, 0.2) is 0 Å². The smallest absolute Gasteiger partial charge is 0.0614 e. The van der Waals surface area contributed by atoms with Crippen LogP contribution in [0.4, 0.5) is 0 Å². The van der Waals surface area contributed by atoms with Crippen LogP contribution in [0.3, 0.4) is 0 Å². The second-order valence-corrected chi connectivity index (χ2v) is 8.68. The third-order valence-corrected chi connectivity index (χ3v) is 6.91.